The highest BCUT2D eigenvalue weighted by Crippen LogP contribution is 2.47. The van der Waals surface area contributed by atoms with Crippen LogP contribution in [0.4, 0.5) is 0 Å². The second-order valence-electron chi connectivity index (χ2n) is 7.58. The molecule has 1 aromatic heterocycles. The third-order valence-electron chi connectivity index (χ3n) is 5.07. The molecule has 152 valence electrons. The van der Waals surface area contributed by atoms with Gasteiger partial charge in [-0.05, 0) is 49.4 Å². The van der Waals surface area contributed by atoms with E-state index in [0.717, 1.165) is 47.1 Å². The van der Waals surface area contributed by atoms with E-state index in [1.54, 1.807) is 13.0 Å². The van der Waals surface area contributed by atoms with Crippen LogP contribution in [0.25, 0.3) is 28.1 Å². The SMILES string of the molecule is C=C(C)c1ccc(C)cc1-c1c(O)cc(CCCCC)c(-c2noc(C)n2)c1O. The number of benzene rings is 2. The van der Waals surface area contributed by atoms with Crippen molar-refractivity contribution in [2.45, 2.75) is 53.4 Å². The maximum absolute atomic E-state index is 11.3. The Balaban J connectivity index is 2.28. The first kappa shape index (κ1) is 20.6. The van der Waals surface area contributed by atoms with Gasteiger partial charge in [0.05, 0.1) is 11.1 Å². The smallest absolute Gasteiger partial charge is 0.223 e. The van der Waals surface area contributed by atoms with Gasteiger partial charge in [-0.15, -0.1) is 0 Å². The number of allylic oxidation sites excluding steroid dienone is 1. The van der Waals surface area contributed by atoms with Gasteiger partial charge in [0.25, 0.3) is 0 Å². The van der Waals surface area contributed by atoms with Crippen LogP contribution in [0.1, 0.15) is 55.7 Å². The van der Waals surface area contributed by atoms with Crippen LogP contribution in [0.5, 0.6) is 11.5 Å². The lowest BCUT2D eigenvalue weighted by atomic mass is 9.89. The molecule has 0 aliphatic heterocycles. The first-order chi connectivity index (χ1) is 13.8. The Morgan fingerprint density at radius 1 is 1.10 bits per heavy atom. The van der Waals surface area contributed by atoms with Crippen LogP contribution in [-0.2, 0) is 6.42 Å². The minimum Gasteiger partial charge on any atom is -0.507 e. The second kappa shape index (κ2) is 8.52. The number of aromatic nitrogens is 2. The van der Waals surface area contributed by atoms with E-state index in [1.165, 1.54) is 0 Å². The molecule has 3 aromatic rings. The average Bonchev–Trinajstić information content (AvgIpc) is 3.07. The summed E-state index contributed by atoms with van der Waals surface area (Å²) in [6, 6.07) is 7.61. The van der Waals surface area contributed by atoms with Crippen molar-refractivity contribution in [3.8, 4) is 34.0 Å². The Bertz CT molecular complexity index is 1050. The Morgan fingerprint density at radius 2 is 1.86 bits per heavy atom. The molecule has 5 heteroatoms. The lowest BCUT2D eigenvalue weighted by Crippen LogP contribution is -1.97. The quantitative estimate of drug-likeness (QED) is 0.468. The van der Waals surface area contributed by atoms with Crippen LogP contribution in [-0.4, -0.2) is 20.4 Å². The fourth-order valence-electron chi connectivity index (χ4n) is 3.62. The van der Waals surface area contributed by atoms with Gasteiger partial charge in [0.2, 0.25) is 11.7 Å². The fraction of sp³-hybridized carbons (Fsp3) is 0.333. The molecule has 0 spiro atoms. The molecule has 0 radical (unpaired) electrons. The summed E-state index contributed by atoms with van der Waals surface area (Å²) in [4.78, 5) is 4.33. The van der Waals surface area contributed by atoms with Gasteiger partial charge < -0.3 is 14.7 Å². The van der Waals surface area contributed by atoms with Crippen LogP contribution in [0, 0.1) is 13.8 Å². The summed E-state index contributed by atoms with van der Waals surface area (Å²) < 4.78 is 5.16. The third-order valence-corrected chi connectivity index (χ3v) is 5.07. The van der Waals surface area contributed by atoms with E-state index in [4.69, 9.17) is 4.52 Å². The van der Waals surface area contributed by atoms with Gasteiger partial charge in [0.15, 0.2) is 0 Å². The normalized spacial score (nSPS) is 11.0. The van der Waals surface area contributed by atoms with E-state index in [2.05, 4.69) is 23.6 Å². The van der Waals surface area contributed by atoms with Gasteiger partial charge in [-0.25, -0.2) is 0 Å². The van der Waals surface area contributed by atoms with Crippen LogP contribution in [0.2, 0.25) is 0 Å². The van der Waals surface area contributed by atoms with Gasteiger partial charge in [-0.2, -0.15) is 4.98 Å². The molecule has 0 saturated heterocycles. The lowest BCUT2D eigenvalue weighted by molar-refractivity contribution is 0.393. The first-order valence-corrected chi connectivity index (χ1v) is 9.98. The highest BCUT2D eigenvalue weighted by atomic mass is 16.5. The number of aromatic hydroxyl groups is 2. The molecule has 5 nitrogen and oxygen atoms in total. The molecule has 0 bridgehead atoms. The summed E-state index contributed by atoms with van der Waals surface area (Å²) in [5.74, 6) is 0.750. The van der Waals surface area contributed by atoms with Crippen molar-refractivity contribution in [1.29, 1.82) is 0 Å². The predicted molar refractivity (Wildman–Crippen MR) is 116 cm³/mol. The highest BCUT2D eigenvalue weighted by molar-refractivity contribution is 5.91. The molecule has 0 aliphatic carbocycles. The topological polar surface area (TPSA) is 79.4 Å². The monoisotopic (exact) mass is 392 g/mol. The highest BCUT2D eigenvalue weighted by Gasteiger charge is 2.24. The molecule has 0 amide bonds. The molecular weight excluding hydrogens is 364 g/mol. The Morgan fingerprint density at radius 3 is 2.48 bits per heavy atom. The van der Waals surface area contributed by atoms with Crippen LogP contribution < -0.4 is 0 Å². The van der Waals surface area contributed by atoms with Crippen molar-refractivity contribution < 1.29 is 14.7 Å². The van der Waals surface area contributed by atoms with Crippen molar-refractivity contribution in [2.75, 3.05) is 0 Å². The molecule has 3 rings (SSSR count). The Labute approximate surface area is 171 Å². The molecular formula is C24H28N2O3. The molecule has 29 heavy (non-hydrogen) atoms. The summed E-state index contributed by atoms with van der Waals surface area (Å²) >= 11 is 0. The van der Waals surface area contributed by atoms with Gasteiger partial charge in [0, 0.05) is 6.92 Å². The number of aryl methyl sites for hydroxylation is 3. The zero-order valence-corrected chi connectivity index (χ0v) is 17.5. The van der Waals surface area contributed by atoms with Gasteiger partial charge in [0.1, 0.15) is 11.5 Å². The van der Waals surface area contributed by atoms with Crippen molar-refractivity contribution in [2.24, 2.45) is 0 Å². The molecule has 0 saturated carbocycles. The van der Waals surface area contributed by atoms with Crippen molar-refractivity contribution in [1.82, 2.24) is 10.1 Å². The zero-order chi connectivity index (χ0) is 21.1. The van der Waals surface area contributed by atoms with Crippen LogP contribution in [0.15, 0.2) is 35.4 Å². The first-order valence-electron chi connectivity index (χ1n) is 9.98. The largest absolute Gasteiger partial charge is 0.507 e. The van der Waals surface area contributed by atoms with E-state index in [0.29, 0.717) is 29.3 Å². The number of nitrogens with zero attached hydrogens (tertiary/aromatic N) is 2. The van der Waals surface area contributed by atoms with E-state index in [-0.39, 0.29) is 11.5 Å². The maximum Gasteiger partial charge on any atom is 0.223 e. The summed E-state index contributed by atoms with van der Waals surface area (Å²) in [6.07, 6.45) is 3.79. The molecule has 0 aliphatic rings. The molecule has 0 unspecified atom stereocenters. The predicted octanol–water partition coefficient (Wildman–Crippen LogP) is 6.20. The number of hydrogen-bond donors (Lipinski definition) is 2. The minimum atomic E-state index is -0.0367. The van der Waals surface area contributed by atoms with Crippen LogP contribution in [0.3, 0.4) is 0 Å². The van der Waals surface area contributed by atoms with Crippen molar-refractivity contribution in [3.63, 3.8) is 0 Å². The maximum atomic E-state index is 11.3. The molecule has 2 aromatic carbocycles. The number of phenolic OH excluding ortho intramolecular Hbond substituents is 2. The summed E-state index contributed by atoms with van der Waals surface area (Å²) in [6.45, 7) is 11.8. The molecule has 0 fully saturated rings. The zero-order valence-electron chi connectivity index (χ0n) is 17.5. The summed E-state index contributed by atoms with van der Waals surface area (Å²) in [7, 11) is 0. The van der Waals surface area contributed by atoms with E-state index < -0.39 is 0 Å². The van der Waals surface area contributed by atoms with Gasteiger partial charge in [-0.1, -0.05) is 60.8 Å². The Kier molecular flexibility index (Phi) is 6.06. The second-order valence-corrected chi connectivity index (χ2v) is 7.58. The van der Waals surface area contributed by atoms with Crippen molar-refractivity contribution >= 4 is 5.57 Å². The average molecular weight is 392 g/mol. The third kappa shape index (κ3) is 4.19. The van der Waals surface area contributed by atoms with E-state index >= 15 is 0 Å². The molecule has 1 heterocycles. The number of phenols is 2. The number of hydrogen-bond acceptors (Lipinski definition) is 5. The number of unbranched alkanes of at least 4 members (excludes halogenated alkanes) is 2. The number of rotatable bonds is 7. The lowest BCUT2D eigenvalue weighted by Gasteiger charge is -2.18. The molecule has 2 N–H and O–H groups in total. The van der Waals surface area contributed by atoms with Crippen molar-refractivity contribution in [3.05, 3.63) is 53.4 Å². The van der Waals surface area contributed by atoms with E-state index in [9.17, 15) is 10.2 Å². The summed E-state index contributed by atoms with van der Waals surface area (Å²) in [5.41, 5.74) is 5.16. The Hall–Kier alpha value is -3.08. The minimum absolute atomic E-state index is 0.0334. The van der Waals surface area contributed by atoms with E-state index in [1.807, 2.05) is 32.0 Å². The van der Waals surface area contributed by atoms with Gasteiger partial charge in [-0.3, -0.25) is 0 Å². The van der Waals surface area contributed by atoms with Crippen LogP contribution >= 0.6 is 0 Å². The van der Waals surface area contributed by atoms with Gasteiger partial charge >= 0.3 is 0 Å². The summed E-state index contributed by atoms with van der Waals surface area (Å²) in [5, 5.41) is 26.2. The fourth-order valence-corrected chi connectivity index (χ4v) is 3.62. The standard InChI is InChI=1S/C24H28N2O3/c1-6-7-8-9-17-13-20(27)22(19-12-15(4)10-11-18(19)14(2)3)23(28)21(17)24-25-16(5)29-26-24/h10-13,27-28H,2,6-9H2,1,3-5H3. The molecule has 0 atom stereocenters.